The number of piperidine rings is 1. The van der Waals surface area contributed by atoms with Crippen LogP contribution in [0.3, 0.4) is 0 Å². The molecular weight excluding hydrogens is 473 g/mol. The van der Waals surface area contributed by atoms with Crippen LogP contribution in [0.5, 0.6) is 0 Å². The second-order valence-corrected chi connectivity index (χ2v) is 10.1. The Bertz CT molecular complexity index is 1380. The first-order valence-corrected chi connectivity index (χ1v) is 12.0. The van der Waals surface area contributed by atoms with Gasteiger partial charge in [0.1, 0.15) is 12.6 Å². The van der Waals surface area contributed by atoms with Crippen LogP contribution < -0.4 is 11.1 Å². The van der Waals surface area contributed by atoms with E-state index in [4.69, 9.17) is 17.3 Å². The third-order valence-electron chi connectivity index (χ3n) is 7.39. The molecule has 1 aliphatic heterocycles. The molecule has 2 saturated carbocycles. The van der Waals surface area contributed by atoms with E-state index in [0.717, 1.165) is 6.42 Å². The Balaban J connectivity index is 1.20. The Morgan fingerprint density at radius 2 is 1.94 bits per heavy atom. The lowest BCUT2D eigenvalue weighted by atomic mass is 10.1. The van der Waals surface area contributed by atoms with E-state index in [-0.39, 0.29) is 42.4 Å². The highest BCUT2D eigenvalue weighted by Crippen LogP contribution is 2.51. The Labute approximate surface area is 205 Å². The van der Waals surface area contributed by atoms with E-state index in [2.05, 4.69) is 10.4 Å². The van der Waals surface area contributed by atoms with Gasteiger partial charge in [0.2, 0.25) is 11.8 Å². The fraction of sp³-hybridized carbons (Fsp3) is 0.360. The minimum absolute atomic E-state index is 0.00593. The molecule has 0 spiro atoms. The number of alkyl halides is 1. The van der Waals surface area contributed by atoms with Crippen LogP contribution in [-0.4, -0.2) is 50.5 Å². The van der Waals surface area contributed by atoms with Crippen LogP contribution in [0.4, 0.5) is 4.39 Å². The molecule has 2 aromatic carbocycles. The molecule has 3 aliphatic rings. The lowest BCUT2D eigenvalue weighted by Crippen LogP contribution is -2.50. The van der Waals surface area contributed by atoms with Gasteiger partial charge in [0.05, 0.1) is 11.6 Å². The molecule has 3 fully saturated rings. The number of primary amides is 1. The van der Waals surface area contributed by atoms with Crippen LogP contribution >= 0.6 is 11.6 Å². The second-order valence-electron chi connectivity index (χ2n) is 9.64. The predicted molar refractivity (Wildman–Crippen MR) is 126 cm³/mol. The lowest BCUT2D eigenvalue weighted by molar-refractivity contribution is -0.140. The average Bonchev–Trinajstić information content (AvgIpc) is 3.65. The second kappa shape index (κ2) is 7.78. The minimum Gasteiger partial charge on any atom is -0.364 e. The van der Waals surface area contributed by atoms with Gasteiger partial charge in [-0.3, -0.25) is 19.1 Å². The zero-order valence-electron chi connectivity index (χ0n) is 18.7. The number of nitrogens with two attached hydrogens (primary N) is 1. The molecule has 1 aromatic heterocycles. The molecule has 2 aliphatic carbocycles. The molecule has 0 bridgehead atoms. The monoisotopic (exact) mass is 495 g/mol. The molecule has 3 N–H and O–H groups in total. The predicted octanol–water partition coefficient (Wildman–Crippen LogP) is 2.53. The number of benzene rings is 2. The van der Waals surface area contributed by atoms with Crippen molar-refractivity contribution in [3.8, 4) is 0 Å². The maximum atomic E-state index is 15.3. The van der Waals surface area contributed by atoms with E-state index >= 15 is 4.39 Å². The molecule has 0 radical (unpaired) electrons. The Morgan fingerprint density at radius 3 is 2.69 bits per heavy atom. The first-order chi connectivity index (χ1) is 16.8. The number of carbonyl (C=O) groups excluding carboxylic acids is 3. The minimum atomic E-state index is -1.58. The van der Waals surface area contributed by atoms with Gasteiger partial charge in [0, 0.05) is 22.9 Å². The largest absolute Gasteiger partial charge is 0.364 e. The van der Waals surface area contributed by atoms with Gasteiger partial charge in [-0.1, -0.05) is 41.9 Å². The highest BCUT2D eigenvalue weighted by molar-refractivity contribution is 6.31. The molecule has 6 rings (SSSR count). The van der Waals surface area contributed by atoms with Crippen molar-refractivity contribution in [2.75, 3.05) is 0 Å². The van der Waals surface area contributed by atoms with E-state index in [9.17, 15) is 14.4 Å². The van der Waals surface area contributed by atoms with Crippen LogP contribution in [0.15, 0.2) is 48.5 Å². The summed E-state index contributed by atoms with van der Waals surface area (Å²) < 4.78 is 16.7. The van der Waals surface area contributed by atoms with Gasteiger partial charge in [-0.05, 0) is 42.5 Å². The number of carbonyl (C=O) groups is 3. The van der Waals surface area contributed by atoms with Crippen LogP contribution in [0, 0.1) is 5.92 Å². The van der Waals surface area contributed by atoms with Gasteiger partial charge in [0.25, 0.3) is 5.91 Å². The Kier molecular flexibility index (Phi) is 4.90. The first-order valence-electron chi connectivity index (χ1n) is 11.6. The van der Waals surface area contributed by atoms with Crippen molar-refractivity contribution in [1.29, 1.82) is 0 Å². The number of likely N-dealkylation sites (tertiary alicyclic amines) is 1. The zero-order chi connectivity index (χ0) is 24.5. The summed E-state index contributed by atoms with van der Waals surface area (Å²) in [4.78, 5) is 40.0. The van der Waals surface area contributed by atoms with Crippen molar-refractivity contribution in [3.63, 3.8) is 0 Å². The Hall–Kier alpha value is -3.46. The number of fused-ring (bicyclic) bond motifs is 2. The summed E-state index contributed by atoms with van der Waals surface area (Å²) in [6, 6.07) is 12.4. The third-order valence-corrected chi connectivity index (χ3v) is 7.62. The number of hydrogen-bond acceptors (Lipinski definition) is 4. The Morgan fingerprint density at radius 1 is 1.17 bits per heavy atom. The number of hydrogen-bond donors (Lipinski definition) is 2. The average molecular weight is 496 g/mol. The zero-order valence-corrected chi connectivity index (χ0v) is 19.4. The van der Waals surface area contributed by atoms with Crippen molar-refractivity contribution in [2.45, 2.75) is 49.6 Å². The van der Waals surface area contributed by atoms with Gasteiger partial charge in [-0.15, -0.1) is 0 Å². The summed E-state index contributed by atoms with van der Waals surface area (Å²) in [6.07, 6.45) is 1.62. The lowest BCUT2D eigenvalue weighted by Gasteiger charge is -2.27. The molecular formula is C25H23ClFN5O3. The highest BCUT2D eigenvalue weighted by Gasteiger charge is 2.60. The fourth-order valence-corrected chi connectivity index (χ4v) is 5.59. The summed E-state index contributed by atoms with van der Waals surface area (Å²) >= 11 is 6.06. The van der Waals surface area contributed by atoms with E-state index in [1.807, 2.05) is 6.07 Å². The molecule has 1 saturated heterocycles. The summed E-state index contributed by atoms with van der Waals surface area (Å²) in [5, 5.41) is 7.95. The molecule has 5 atom stereocenters. The van der Waals surface area contributed by atoms with Crippen LogP contribution in [0.2, 0.25) is 5.02 Å². The molecule has 3 amide bonds. The normalized spacial score (nSPS) is 28.6. The molecule has 2 heterocycles. The van der Waals surface area contributed by atoms with Crippen LogP contribution in [-0.2, 0) is 21.8 Å². The van der Waals surface area contributed by atoms with E-state index < -0.39 is 23.7 Å². The third kappa shape index (κ3) is 3.65. The van der Waals surface area contributed by atoms with E-state index in [1.165, 1.54) is 4.68 Å². The number of rotatable bonds is 6. The summed E-state index contributed by atoms with van der Waals surface area (Å²) in [6.45, 7) is -0.154. The van der Waals surface area contributed by atoms with Crippen molar-refractivity contribution in [1.82, 2.24) is 20.0 Å². The SMILES string of the molecule is NC(=O)c1nn(CC(=O)N2[C@@H]3C[C@@H]3C[C@H]2C(=O)N[C@@H]2C[C@@]2(F)c2ccccc2)c2ccc(Cl)cc12. The fourth-order valence-electron chi connectivity index (χ4n) is 5.42. The number of aromatic nitrogens is 2. The van der Waals surface area contributed by atoms with Gasteiger partial charge in [-0.2, -0.15) is 5.10 Å². The number of nitrogens with zero attached hydrogens (tertiary/aromatic N) is 3. The van der Waals surface area contributed by atoms with Gasteiger partial charge < -0.3 is 16.0 Å². The standard InChI is InChI=1S/C25H23ClFN5O3/c26-15-6-7-17-16(10-15)22(23(28)34)30-31(17)12-21(33)32-18-8-13(18)9-19(32)24(35)29-20-11-25(20,27)14-4-2-1-3-5-14/h1-7,10,13,18-20H,8-9,11-12H2,(H2,28,34)(H,29,35)/t13-,18-,19+,20-,25-/m1/s1. The number of amides is 3. The van der Waals surface area contributed by atoms with Crippen molar-refractivity contribution >= 4 is 40.2 Å². The molecule has 8 nitrogen and oxygen atoms in total. The van der Waals surface area contributed by atoms with Gasteiger partial charge >= 0.3 is 0 Å². The van der Waals surface area contributed by atoms with Crippen molar-refractivity contribution in [2.24, 2.45) is 11.7 Å². The quantitative estimate of drug-likeness (QED) is 0.547. The number of nitrogens with one attached hydrogen (secondary N) is 1. The topological polar surface area (TPSA) is 110 Å². The first kappa shape index (κ1) is 22.0. The van der Waals surface area contributed by atoms with E-state index in [0.29, 0.717) is 27.9 Å². The van der Waals surface area contributed by atoms with Crippen molar-refractivity contribution in [3.05, 3.63) is 64.8 Å². The van der Waals surface area contributed by atoms with Gasteiger partial charge in [-0.25, -0.2) is 4.39 Å². The smallest absolute Gasteiger partial charge is 0.269 e. The maximum Gasteiger partial charge on any atom is 0.269 e. The maximum absolute atomic E-state index is 15.3. The summed E-state index contributed by atoms with van der Waals surface area (Å²) in [7, 11) is 0. The van der Waals surface area contributed by atoms with Crippen molar-refractivity contribution < 1.29 is 18.8 Å². The summed E-state index contributed by atoms with van der Waals surface area (Å²) in [5.41, 5.74) is 5.02. The highest BCUT2D eigenvalue weighted by atomic mass is 35.5. The molecule has 10 heteroatoms. The molecule has 180 valence electrons. The van der Waals surface area contributed by atoms with Gasteiger partial charge in [0.15, 0.2) is 11.4 Å². The molecule has 0 unspecified atom stereocenters. The van der Waals surface area contributed by atoms with Crippen LogP contribution in [0.25, 0.3) is 10.9 Å². The van der Waals surface area contributed by atoms with E-state index in [1.54, 1.807) is 47.4 Å². The number of halogens is 2. The molecule has 35 heavy (non-hydrogen) atoms. The van der Waals surface area contributed by atoms with Crippen LogP contribution in [0.1, 0.15) is 35.3 Å². The summed E-state index contributed by atoms with van der Waals surface area (Å²) in [5.74, 6) is -1.06. The molecule has 3 aromatic rings.